The van der Waals surface area contributed by atoms with Crippen molar-refractivity contribution in [3.05, 3.63) is 18.2 Å². The van der Waals surface area contributed by atoms with Crippen molar-refractivity contribution < 1.29 is 9.16 Å². The van der Waals surface area contributed by atoms with Crippen molar-refractivity contribution in [1.29, 1.82) is 0 Å². The fourth-order valence-corrected chi connectivity index (χ4v) is 5.23. The lowest BCUT2D eigenvalue weighted by atomic mass is 10.1. The Labute approximate surface area is 207 Å². The SMILES string of the molecule is C[C@H](CCCO[Si](C)(C)C(C)(C)C)Cn1c(N)nc2ccc(OCCN3CCN(C)CC3)cc21. The number of benzene rings is 1. The number of nitrogen functional groups attached to an aromatic ring is 1. The summed E-state index contributed by atoms with van der Waals surface area (Å²) in [6, 6.07) is 6.12. The fraction of sp³-hybridized carbons (Fsp3) is 0.731. The third-order valence-corrected chi connectivity index (χ3v) is 12.2. The van der Waals surface area contributed by atoms with Crippen LogP contribution in [-0.2, 0) is 11.0 Å². The number of likely N-dealkylation sites (N-methyl/N-ethyl adjacent to an activating group) is 1. The molecule has 0 unspecified atom stereocenters. The Hall–Kier alpha value is -1.61. The molecule has 0 radical (unpaired) electrons. The van der Waals surface area contributed by atoms with Crippen LogP contribution in [0.3, 0.4) is 0 Å². The molecule has 1 aromatic carbocycles. The van der Waals surface area contributed by atoms with Gasteiger partial charge in [0.2, 0.25) is 5.95 Å². The second-order valence-corrected chi connectivity index (χ2v) is 16.4. The number of anilines is 1. The summed E-state index contributed by atoms with van der Waals surface area (Å²) < 4.78 is 14.6. The highest BCUT2D eigenvalue weighted by Crippen LogP contribution is 2.36. The molecule has 2 heterocycles. The van der Waals surface area contributed by atoms with Crippen molar-refractivity contribution in [2.75, 3.05) is 58.7 Å². The molecule has 1 atom stereocenters. The van der Waals surface area contributed by atoms with Gasteiger partial charge in [-0.3, -0.25) is 4.90 Å². The lowest BCUT2D eigenvalue weighted by Crippen LogP contribution is -2.45. The predicted molar refractivity (Wildman–Crippen MR) is 145 cm³/mol. The predicted octanol–water partition coefficient (Wildman–Crippen LogP) is 4.68. The van der Waals surface area contributed by atoms with Crippen LogP contribution in [0.2, 0.25) is 18.1 Å². The lowest BCUT2D eigenvalue weighted by Gasteiger charge is -2.36. The molecule has 1 aliphatic heterocycles. The Balaban J connectivity index is 1.51. The van der Waals surface area contributed by atoms with E-state index in [1.165, 1.54) is 0 Å². The van der Waals surface area contributed by atoms with Crippen molar-refractivity contribution in [2.45, 2.75) is 65.2 Å². The molecule has 2 aromatic rings. The highest BCUT2D eigenvalue weighted by atomic mass is 28.4. The standard InChI is InChI=1S/C26H47N5O2Si/c1-21(9-8-17-33-34(6,7)26(2,3)4)20-31-24-19-22(10-11-23(24)28-25(31)27)32-18-16-30-14-12-29(5)13-15-30/h10-11,19,21H,8-9,12-18,20H2,1-7H3,(H2,27,28)/t21-/m1/s1. The van der Waals surface area contributed by atoms with Crippen molar-refractivity contribution >= 4 is 25.3 Å². The van der Waals surface area contributed by atoms with Gasteiger partial charge in [-0.15, -0.1) is 0 Å². The van der Waals surface area contributed by atoms with Crippen molar-refractivity contribution in [3.63, 3.8) is 0 Å². The molecular weight excluding hydrogens is 442 g/mol. The van der Waals surface area contributed by atoms with Crippen LogP contribution in [0.1, 0.15) is 40.5 Å². The summed E-state index contributed by atoms with van der Waals surface area (Å²) >= 11 is 0. The van der Waals surface area contributed by atoms with Gasteiger partial charge in [-0.25, -0.2) is 4.98 Å². The summed E-state index contributed by atoms with van der Waals surface area (Å²) in [5.41, 5.74) is 8.28. The maximum absolute atomic E-state index is 6.35. The Morgan fingerprint density at radius 2 is 1.82 bits per heavy atom. The van der Waals surface area contributed by atoms with Gasteiger partial charge >= 0.3 is 0 Å². The quantitative estimate of drug-likeness (QED) is 0.365. The maximum atomic E-state index is 6.35. The number of imidazole rings is 1. The Bertz CT molecular complexity index is 916. The highest BCUT2D eigenvalue weighted by Gasteiger charge is 2.36. The second kappa shape index (κ2) is 11.4. The van der Waals surface area contributed by atoms with Gasteiger partial charge in [-0.2, -0.15) is 0 Å². The van der Waals surface area contributed by atoms with E-state index in [0.717, 1.165) is 75.5 Å². The van der Waals surface area contributed by atoms with Gasteiger partial charge in [0.25, 0.3) is 0 Å². The topological polar surface area (TPSA) is 68.8 Å². The highest BCUT2D eigenvalue weighted by molar-refractivity contribution is 6.74. The first-order valence-electron chi connectivity index (χ1n) is 12.9. The molecule has 0 aliphatic carbocycles. The maximum Gasteiger partial charge on any atom is 0.201 e. The number of hydrogen-bond donors (Lipinski definition) is 1. The molecule has 1 aliphatic rings. The third kappa shape index (κ3) is 7.20. The van der Waals surface area contributed by atoms with E-state index < -0.39 is 8.32 Å². The number of aromatic nitrogens is 2. The van der Waals surface area contributed by atoms with Crippen LogP contribution in [0.15, 0.2) is 18.2 Å². The molecule has 192 valence electrons. The van der Waals surface area contributed by atoms with Gasteiger partial charge in [0, 0.05) is 51.9 Å². The van der Waals surface area contributed by atoms with Crippen LogP contribution in [0, 0.1) is 5.92 Å². The van der Waals surface area contributed by atoms with E-state index in [1.807, 2.05) is 12.1 Å². The monoisotopic (exact) mass is 489 g/mol. The number of fused-ring (bicyclic) bond motifs is 1. The average molecular weight is 490 g/mol. The van der Waals surface area contributed by atoms with Crippen LogP contribution in [0.5, 0.6) is 5.75 Å². The largest absolute Gasteiger partial charge is 0.492 e. The van der Waals surface area contributed by atoms with Gasteiger partial charge in [0.1, 0.15) is 12.4 Å². The molecule has 3 rings (SSSR count). The minimum atomic E-state index is -1.67. The van der Waals surface area contributed by atoms with E-state index in [0.29, 0.717) is 18.5 Å². The molecular formula is C26H47N5O2Si. The molecule has 0 saturated carbocycles. The fourth-order valence-electron chi connectivity index (χ4n) is 4.15. The number of rotatable bonds is 11. The first-order valence-corrected chi connectivity index (χ1v) is 15.8. The van der Waals surface area contributed by atoms with Gasteiger partial charge < -0.3 is 24.4 Å². The molecule has 0 bridgehead atoms. The molecule has 0 amide bonds. The molecule has 34 heavy (non-hydrogen) atoms. The van der Waals surface area contributed by atoms with Crippen LogP contribution in [-0.4, -0.2) is 80.7 Å². The van der Waals surface area contributed by atoms with Crippen LogP contribution in [0.25, 0.3) is 11.0 Å². The Morgan fingerprint density at radius 1 is 1.12 bits per heavy atom. The zero-order valence-corrected chi connectivity index (χ0v) is 23.6. The first-order chi connectivity index (χ1) is 16.0. The molecule has 1 aromatic heterocycles. The summed E-state index contributed by atoms with van der Waals surface area (Å²) in [5.74, 6) is 1.96. The number of nitrogens with zero attached hydrogens (tertiary/aromatic N) is 4. The Morgan fingerprint density at radius 3 is 2.50 bits per heavy atom. The molecule has 0 spiro atoms. The van der Waals surface area contributed by atoms with Crippen LogP contribution in [0.4, 0.5) is 5.95 Å². The molecule has 1 fully saturated rings. The van der Waals surface area contributed by atoms with Crippen molar-refractivity contribution in [2.24, 2.45) is 5.92 Å². The van der Waals surface area contributed by atoms with E-state index in [-0.39, 0.29) is 5.04 Å². The number of hydrogen-bond acceptors (Lipinski definition) is 6. The van der Waals surface area contributed by atoms with E-state index in [1.54, 1.807) is 0 Å². The molecule has 1 saturated heterocycles. The molecule has 2 N–H and O–H groups in total. The van der Waals surface area contributed by atoms with Gasteiger partial charge in [-0.1, -0.05) is 27.7 Å². The molecule has 7 nitrogen and oxygen atoms in total. The third-order valence-electron chi connectivity index (χ3n) is 7.63. The average Bonchev–Trinajstić information content (AvgIpc) is 3.06. The van der Waals surface area contributed by atoms with Gasteiger partial charge in [0.15, 0.2) is 8.32 Å². The number of nitrogens with two attached hydrogens (primary N) is 1. The summed E-state index contributed by atoms with van der Waals surface area (Å²) in [6.45, 7) is 21.6. The minimum absolute atomic E-state index is 0.257. The summed E-state index contributed by atoms with van der Waals surface area (Å²) in [7, 11) is 0.511. The van der Waals surface area contributed by atoms with E-state index in [4.69, 9.17) is 14.9 Å². The lowest BCUT2D eigenvalue weighted by molar-refractivity contribution is 0.134. The van der Waals surface area contributed by atoms with Crippen molar-refractivity contribution in [1.82, 2.24) is 19.4 Å². The van der Waals surface area contributed by atoms with Crippen LogP contribution >= 0.6 is 0 Å². The Kier molecular flexibility index (Phi) is 9.06. The normalized spacial score (nSPS) is 17.4. The molecule has 8 heteroatoms. The zero-order valence-electron chi connectivity index (χ0n) is 22.6. The summed E-state index contributed by atoms with van der Waals surface area (Å²) in [5, 5.41) is 0.257. The first kappa shape index (κ1) is 27.0. The van der Waals surface area contributed by atoms with Gasteiger partial charge in [-0.05, 0) is 56.1 Å². The van der Waals surface area contributed by atoms with E-state index in [2.05, 4.69) is 73.3 Å². The van der Waals surface area contributed by atoms with Crippen molar-refractivity contribution in [3.8, 4) is 5.75 Å². The van der Waals surface area contributed by atoms with E-state index >= 15 is 0 Å². The van der Waals surface area contributed by atoms with Crippen LogP contribution < -0.4 is 10.5 Å². The zero-order chi connectivity index (χ0) is 24.9. The second-order valence-electron chi connectivity index (χ2n) is 11.6. The van der Waals surface area contributed by atoms with E-state index in [9.17, 15) is 0 Å². The number of piperazine rings is 1. The number of ether oxygens (including phenoxy) is 1. The summed E-state index contributed by atoms with van der Waals surface area (Å²) in [4.78, 5) is 9.42. The summed E-state index contributed by atoms with van der Waals surface area (Å²) in [6.07, 6.45) is 2.18. The van der Waals surface area contributed by atoms with Gasteiger partial charge in [0.05, 0.1) is 11.0 Å². The minimum Gasteiger partial charge on any atom is -0.492 e. The smallest absolute Gasteiger partial charge is 0.201 e.